The number of hydrogen-bond donors (Lipinski definition) is 1. The molecule has 0 amide bonds. The van der Waals surface area contributed by atoms with Gasteiger partial charge in [-0.3, -0.25) is 9.78 Å². The fourth-order valence-electron chi connectivity index (χ4n) is 2.05. The maximum Gasteiger partial charge on any atom is 0.251 e. The van der Waals surface area contributed by atoms with Gasteiger partial charge in [0.1, 0.15) is 12.4 Å². The molecule has 0 radical (unpaired) electrons. The molecule has 86 valence electrons. The van der Waals surface area contributed by atoms with Gasteiger partial charge >= 0.3 is 0 Å². The molecule has 5 heteroatoms. The predicted octanol–water partition coefficient (Wildman–Crippen LogP) is 1.89. The minimum Gasteiger partial charge on any atom is -0.491 e. The van der Waals surface area contributed by atoms with Gasteiger partial charge in [-0.1, -0.05) is 18.2 Å². The standard InChI is InChI=1S/C12H10N2O2S/c15-11-5-6-14(12(17)13-11)9-7-16-10-4-2-1-3-8(9)10/h1-6,9H,7H2,(H,13,15,17). The van der Waals surface area contributed by atoms with Crippen molar-refractivity contribution in [3.05, 3.63) is 57.2 Å². The van der Waals surface area contributed by atoms with E-state index in [1.807, 2.05) is 28.8 Å². The Labute approximate surface area is 102 Å². The van der Waals surface area contributed by atoms with E-state index in [1.165, 1.54) is 6.07 Å². The third-order valence-corrected chi connectivity index (χ3v) is 3.17. The first kappa shape index (κ1) is 10.3. The summed E-state index contributed by atoms with van der Waals surface area (Å²) in [6.45, 7) is 0.541. The number of benzene rings is 1. The molecule has 2 aromatic rings. The van der Waals surface area contributed by atoms with Crippen molar-refractivity contribution in [1.82, 2.24) is 9.55 Å². The Morgan fingerprint density at radius 3 is 3.00 bits per heavy atom. The third kappa shape index (κ3) is 1.68. The summed E-state index contributed by atoms with van der Waals surface area (Å²) in [4.78, 5) is 13.7. The van der Waals surface area contributed by atoms with Gasteiger partial charge in [0.2, 0.25) is 0 Å². The van der Waals surface area contributed by atoms with E-state index in [-0.39, 0.29) is 11.6 Å². The summed E-state index contributed by atoms with van der Waals surface area (Å²) in [6.07, 6.45) is 1.71. The Bertz CT molecular complexity index is 674. The second kappa shape index (κ2) is 3.85. The second-order valence-corrected chi connectivity index (χ2v) is 4.27. The first-order valence-corrected chi connectivity index (χ1v) is 5.70. The molecule has 1 N–H and O–H groups in total. The van der Waals surface area contributed by atoms with Crippen molar-refractivity contribution < 1.29 is 4.74 Å². The molecule has 0 saturated heterocycles. The van der Waals surface area contributed by atoms with Crippen LogP contribution in [-0.4, -0.2) is 16.2 Å². The number of para-hydroxylation sites is 1. The molecule has 0 spiro atoms. The maximum absolute atomic E-state index is 11.1. The van der Waals surface area contributed by atoms with Gasteiger partial charge in [-0.05, 0) is 18.3 Å². The van der Waals surface area contributed by atoms with Gasteiger partial charge in [0.25, 0.3) is 5.56 Å². The Morgan fingerprint density at radius 1 is 1.35 bits per heavy atom. The van der Waals surface area contributed by atoms with Gasteiger partial charge in [0.05, 0.1) is 6.04 Å². The average Bonchev–Trinajstić information content (AvgIpc) is 2.73. The SMILES string of the molecule is O=c1ccn(C2COc3ccccc32)c(=S)[nH]1. The topological polar surface area (TPSA) is 47.0 Å². The number of aromatic amines is 1. The van der Waals surface area contributed by atoms with E-state index in [4.69, 9.17) is 17.0 Å². The molecule has 1 aliphatic heterocycles. The van der Waals surface area contributed by atoms with E-state index in [0.717, 1.165) is 11.3 Å². The van der Waals surface area contributed by atoms with Gasteiger partial charge < -0.3 is 9.30 Å². The fourth-order valence-corrected chi connectivity index (χ4v) is 2.34. The first-order chi connectivity index (χ1) is 8.25. The Balaban J connectivity index is 2.13. The summed E-state index contributed by atoms with van der Waals surface area (Å²) in [5.74, 6) is 0.880. The zero-order chi connectivity index (χ0) is 11.8. The molecule has 17 heavy (non-hydrogen) atoms. The average molecular weight is 246 g/mol. The molecule has 3 rings (SSSR count). The number of nitrogens with one attached hydrogen (secondary N) is 1. The van der Waals surface area contributed by atoms with Gasteiger partial charge in [-0.15, -0.1) is 0 Å². The fraction of sp³-hybridized carbons (Fsp3) is 0.167. The maximum atomic E-state index is 11.1. The van der Waals surface area contributed by atoms with Gasteiger partial charge in [0, 0.05) is 17.8 Å². The summed E-state index contributed by atoms with van der Waals surface area (Å²) in [7, 11) is 0. The molecule has 1 aromatic heterocycles. The van der Waals surface area contributed by atoms with Crippen LogP contribution in [0.1, 0.15) is 11.6 Å². The molecular formula is C12H10N2O2S. The number of hydrogen-bond acceptors (Lipinski definition) is 3. The highest BCUT2D eigenvalue weighted by atomic mass is 32.1. The van der Waals surface area contributed by atoms with Crippen LogP contribution < -0.4 is 10.3 Å². The first-order valence-electron chi connectivity index (χ1n) is 5.29. The normalized spacial score (nSPS) is 17.5. The third-order valence-electron chi connectivity index (χ3n) is 2.86. The van der Waals surface area contributed by atoms with Crippen LogP contribution in [0, 0.1) is 4.77 Å². The van der Waals surface area contributed by atoms with E-state index >= 15 is 0 Å². The van der Waals surface area contributed by atoms with Crippen LogP contribution in [0.2, 0.25) is 0 Å². The van der Waals surface area contributed by atoms with E-state index in [2.05, 4.69) is 4.98 Å². The molecule has 1 atom stereocenters. The summed E-state index contributed by atoms with van der Waals surface area (Å²) in [6, 6.07) is 9.36. The van der Waals surface area contributed by atoms with Crippen molar-refractivity contribution in [3.8, 4) is 5.75 Å². The van der Waals surface area contributed by atoms with Crippen LogP contribution >= 0.6 is 12.2 Å². The van der Waals surface area contributed by atoms with E-state index in [0.29, 0.717) is 11.4 Å². The number of aromatic nitrogens is 2. The van der Waals surface area contributed by atoms with Crippen molar-refractivity contribution in [2.24, 2.45) is 0 Å². The molecular weight excluding hydrogens is 236 g/mol. The zero-order valence-electron chi connectivity index (χ0n) is 8.92. The molecule has 0 saturated carbocycles. The molecule has 2 heterocycles. The Hall–Kier alpha value is -1.88. The molecule has 4 nitrogen and oxygen atoms in total. The van der Waals surface area contributed by atoms with Crippen molar-refractivity contribution in [2.75, 3.05) is 6.61 Å². The van der Waals surface area contributed by atoms with Crippen LogP contribution in [0.4, 0.5) is 0 Å². The van der Waals surface area contributed by atoms with Crippen molar-refractivity contribution in [1.29, 1.82) is 0 Å². The molecule has 1 aromatic carbocycles. The van der Waals surface area contributed by atoms with E-state index < -0.39 is 0 Å². The van der Waals surface area contributed by atoms with Crippen LogP contribution in [0.25, 0.3) is 0 Å². The predicted molar refractivity (Wildman–Crippen MR) is 66.0 cm³/mol. The van der Waals surface area contributed by atoms with Crippen molar-refractivity contribution >= 4 is 12.2 Å². The molecule has 0 aliphatic carbocycles. The number of ether oxygens (including phenoxy) is 1. The highest BCUT2D eigenvalue weighted by molar-refractivity contribution is 7.71. The second-order valence-electron chi connectivity index (χ2n) is 3.88. The molecule has 0 fully saturated rings. The lowest BCUT2D eigenvalue weighted by Gasteiger charge is -2.13. The van der Waals surface area contributed by atoms with Crippen LogP contribution in [0.3, 0.4) is 0 Å². The lowest BCUT2D eigenvalue weighted by Crippen LogP contribution is -2.17. The number of fused-ring (bicyclic) bond motifs is 1. The van der Waals surface area contributed by atoms with Crippen molar-refractivity contribution in [3.63, 3.8) is 0 Å². The highest BCUT2D eigenvalue weighted by Crippen LogP contribution is 2.34. The smallest absolute Gasteiger partial charge is 0.251 e. The lowest BCUT2D eigenvalue weighted by atomic mass is 10.1. The van der Waals surface area contributed by atoms with Crippen LogP contribution in [-0.2, 0) is 0 Å². The quantitative estimate of drug-likeness (QED) is 0.782. The zero-order valence-corrected chi connectivity index (χ0v) is 9.74. The Morgan fingerprint density at radius 2 is 2.18 bits per heavy atom. The number of nitrogens with zero attached hydrogens (tertiary/aromatic N) is 1. The monoisotopic (exact) mass is 246 g/mol. The number of H-pyrrole nitrogens is 1. The minimum atomic E-state index is -0.182. The highest BCUT2D eigenvalue weighted by Gasteiger charge is 2.24. The number of rotatable bonds is 1. The summed E-state index contributed by atoms with van der Waals surface area (Å²) < 4.78 is 7.86. The lowest BCUT2D eigenvalue weighted by molar-refractivity contribution is 0.314. The summed E-state index contributed by atoms with van der Waals surface area (Å²) >= 11 is 5.16. The summed E-state index contributed by atoms with van der Waals surface area (Å²) in [5, 5.41) is 0. The molecule has 1 unspecified atom stereocenters. The van der Waals surface area contributed by atoms with Gasteiger partial charge in [-0.2, -0.15) is 0 Å². The Kier molecular flexibility index (Phi) is 2.33. The van der Waals surface area contributed by atoms with E-state index in [9.17, 15) is 4.79 Å². The summed E-state index contributed by atoms with van der Waals surface area (Å²) in [5.41, 5.74) is 0.911. The largest absolute Gasteiger partial charge is 0.491 e. The van der Waals surface area contributed by atoms with Crippen LogP contribution in [0.15, 0.2) is 41.3 Å². The molecule has 0 bridgehead atoms. The van der Waals surface area contributed by atoms with Gasteiger partial charge in [0.15, 0.2) is 4.77 Å². The van der Waals surface area contributed by atoms with Gasteiger partial charge in [-0.25, -0.2) is 0 Å². The van der Waals surface area contributed by atoms with E-state index in [1.54, 1.807) is 6.20 Å². The molecule has 1 aliphatic rings. The van der Waals surface area contributed by atoms with Crippen LogP contribution in [0.5, 0.6) is 5.75 Å². The van der Waals surface area contributed by atoms with Crippen molar-refractivity contribution in [2.45, 2.75) is 6.04 Å². The minimum absolute atomic E-state index is 0.0375.